The molecular formula is C11H23NS2. The van der Waals surface area contributed by atoms with Crippen LogP contribution in [0.1, 0.15) is 27.7 Å². The minimum absolute atomic E-state index is 0.352. The minimum Gasteiger partial charge on any atom is -0.301 e. The monoisotopic (exact) mass is 233 g/mol. The number of rotatable bonds is 3. The van der Waals surface area contributed by atoms with Gasteiger partial charge >= 0.3 is 0 Å². The topological polar surface area (TPSA) is 3.24 Å². The zero-order valence-electron chi connectivity index (χ0n) is 9.79. The lowest BCUT2D eigenvalue weighted by molar-refractivity contribution is 0.193. The molecule has 0 saturated carbocycles. The first-order valence-corrected chi connectivity index (χ1v) is 6.99. The standard InChI is InChI=1S/C11H23NS2/c1-9-5-12(6-10(2)14-9)7-11(3,4)8-13/h9-10,13H,5-8H2,1-4H3. The highest BCUT2D eigenvalue weighted by Gasteiger charge is 2.26. The third-order valence-corrected chi connectivity index (χ3v) is 4.66. The highest BCUT2D eigenvalue weighted by molar-refractivity contribution is 8.00. The molecule has 2 atom stereocenters. The van der Waals surface area contributed by atoms with E-state index in [1.807, 2.05) is 0 Å². The molecule has 0 bridgehead atoms. The second-order valence-electron chi connectivity index (χ2n) is 5.27. The van der Waals surface area contributed by atoms with Crippen molar-refractivity contribution in [3.05, 3.63) is 0 Å². The van der Waals surface area contributed by atoms with Crippen LogP contribution in [0.3, 0.4) is 0 Å². The first kappa shape index (κ1) is 12.7. The molecule has 0 amide bonds. The van der Waals surface area contributed by atoms with E-state index >= 15 is 0 Å². The predicted molar refractivity (Wildman–Crippen MR) is 70.6 cm³/mol. The SMILES string of the molecule is CC1CN(CC(C)(C)CS)CC(C)S1. The van der Waals surface area contributed by atoms with Gasteiger partial charge in [0.2, 0.25) is 0 Å². The van der Waals surface area contributed by atoms with Crippen molar-refractivity contribution in [3.8, 4) is 0 Å². The van der Waals surface area contributed by atoms with Crippen molar-refractivity contribution in [2.75, 3.05) is 25.4 Å². The van der Waals surface area contributed by atoms with E-state index in [-0.39, 0.29) is 0 Å². The maximum Gasteiger partial charge on any atom is 0.0149 e. The molecule has 0 N–H and O–H groups in total. The lowest BCUT2D eigenvalue weighted by Gasteiger charge is -2.38. The van der Waals surface area contributed by atoms with Crippen LogP contribution in [0.15, 0.2) is 0 Å². The van der Waals surface area contributed by atoms with Crippen LogP contribution in [-0.2, 0) is 0 Å². The quantitative estimate of drug-likeness (QED) is 0.747. The molecule has 1 rings (SSSR count). The minimum atomic E-state index is 0.352. The molecule has 0 aromatic rings. The van der Waals surface area contributed by atoms with Crippen molar-refractivity contribution in [2.24, 2.45) is 5.41 Å². The van der Waals surface area contributed by atoms with E-state index in [0.29, 0.717) is 5.41 Å². The molecule has 84 valence electrons. The maximum absolute atomic E-state index is 4.41. The third-order valence-electron chi connectivity index (χ3n) is 2.57. The largest absolute Gasteiger partial charge is 0.301 e. The second-order valence-corrected chi connectivity index (χ2v) is 7.47. The number of thioether (sulfide) groups is 1. The van der Waals surface area contributed by atoms with E-state index in [2.05, 4.69) is 57.0 Å². The van der Waals surface area contributed by atoms with E-state index < -0.39 is 0 Å². The normalized spacial score (nSPS) is 30.6. The summed E-state index contributed by atoms with van der Waals surface area (Å²) in [4.78, 5) is 2.60. The van der Waals surface area contributed by atoms with Gasteiger partial charge < -0.3 is 4.90 Å². The van der Waals surface area contributed by atoms with Crippen LogP contribution in [0.25, 0.3) is 0 Å². The fraction of sp³-hybridized carbons (Fsp3) is 1.00. The Bertz CT molecular complexity index is 172. The zero-order chi connectivity index (χ0) is 10.8. The summed E-state index contributed by atoms with van der Waals surface area (Å²) in [5, 5.41) is 1.57. The summed E-state index contributed by atoms with van der Waals surface area (Å²) in [6, 6.07) is 0. The average molecular weight is 233 g/mol. The zero-order valence-corrected chi connectivity index (χ0v) is 11.5. The number of hydrogen-bond acceptors (Lipinski definition) is 3. The van der Waals surface area contributed by atoms with Crippen LogP contribution >= 0.6 is 24.4 Å². The Balaban J connectivity index is 2.44. The molecule has 0 aromatic heterocycles. The van der Waals surface area contributed by atoms with Crippen molar-refractivity contribution in [1.29, 1.82) is 0 Å². The lowest BCUT2D eigenvalue weighted by atomic mass is 9.95. The highest BCUT2D eigenvalue weighted by Crippen LogP contribution is 2.27. The molecule has 14 heavy (non-hydrogen) atoms. The summed E-state index contributed by atoms with van der Waals surface area (Å²) < 4.78 is 0. The fourth-order valence-corrected chi connectivity index (χ4v) is 3.56. The molecule has 0 radical (unpaired) electrons. The Morgan fingerprint density at radius 2 is 1.79 bits per heavy atom. The van der Waals surface area contributed by atoms with Gasteiger partial charge in [0.05, 0.1) is 0 Å². The molecule has 1 aliphatic rings. The molecule has 0 aromatic carbocycles. The molecule has 1 nitrogen and oxygen atoms in total. The number of hydrogen-bond donors (Lipinski definition) is 1. The first-order chi connectivity index (χ1) is 6.43. The molecule has 2 unspecified atom stereocenters. The summed E-state index contributed by atoms with van der Waals surface area (Å²) in [7, 11) is 0. The van der Waals surface area contributed by atoms with Gasteiger partial charge in [-0.25, -0.2) is 0 Å². The second kappa shape index (κ2) is 5.13. The Morgan fingerprint density at radius 1 is 1.29 bits per heavy atom. The highest BCUT2D eigenvalue weighted by atomic mass is 32.2. The molecule has 1 heterocycles. The van der Waals surface area contributed by atoms with Gasteiger partial charge in [-0.1, -0.05) is 27.7 Å². The molecule has 3 heteroatoms. The van der Waals surface area contributed by atoms with Gasteiger partial charge in [0.25, 0.3) is 0 Å². The van der Waals surface area contributed by atoms with Gasteiger partial charge in [0, 0.05) is 30.1 Å². The van der Waals surface area contributed by atoms with Crippen molar-refractivity contribution in [3.63, 3.8) is 0 Å². The van der Waals surface area contributed by atoms with E-state index in [9.17, 15) is 0 Å². The summed E-state index contributed by atoms with van der Waals surface area (Å²) >= 11 is 6.53. The lowest BCUT2D eigenvalue weighted by Crippen LogP contribution is -2.45. The van der Waals surface area contributed by atoms with Crippen molar-refractivity contribution >= 4 is 24.4 Å². The van der Waals surface area contributed by atoms with Crippen LogP contribution in [0.4, 0.5) is 0 Å². The molecule has 1 saturated heterocycles. The van der Waals surface area contributed by atoms with E-state index in [1.54, 1.807) is 0 Å². The van der Waals surface area contributed by atoms with Gasteiger partial charge in [0.1, 0.15) is 0 Å². The van der Waals surface area contributed by atoms with Crippen LogP contribution in [0.5, 0.6) is 0 Å². The van der Waals surface area contributed by atoms with Gasteiger partial charge in [0.15, 0.2) is 0 Å². The number of thiol groups is 1. The Labute approximate surface area is 98.4 Å². The van der Waals surface area contributed by atoms with Gasteiger partial charge in [-0.3, -0.25) is 0 Å². The average Bonchev–Trinajstić information content (AvgIpc) is 2.01. The number of nitrogens with zero attached hydrogens (tertiary/aromatic N) is 1. The van der Waals surface area contributed by atoms with Gasteiger partial charge in [-0.05, 0) is 11.2 Å². The molecule has 1 aliphatic heterocycles. The van der Waals surface area contributed by atoms with Crippen molar-refractivity contribution in [1.82, 2.24) is 4.90 Å². The predicted octanol–water partition coefficient (Wildman–Crippen LogP) is 2.77. The van der Waals surface area contributed by atoms with Crippen LogP contribution in [0.2, 0.25) is 0 Å². The van der Waals surface area contributed by atoms with Crippen molar-refractivity contribution in [2.45, 2.75) is 38.2 Å². The van der Waals surface area contributed by atoms with Gasteiger partial charge in [-0.15, -0.1) is 0 Å². The first-order valence-electron chi connectivity index (χ1n) is 5.41. The van der Waals surface area contributed by atoms with Crippen LogP contribution in [0, 0.1) is 5.41 Å². The summed E-state index contributed by atoms with van der Waals surface area (Å²) in [5.41, 5.74) is 0.352. The Morgan fingerprint density at radius 3 is 2.21 bits per heavy atom. The molecule has 1 fully saturated rings. The van der Waals surface area contributed by atoms with Crippen LogP contribution in [-0.4, -0.2) is 40.8 Å². The van der Waals surface area contributed by atoms with E-state index in [0.717, 1.165) is 16.3 Å². The smallest absolute Gasteiger partial charge is 0.0149 e. The van der Waals surface area contributed by atoms with Crippen molar-refractivity contribution < 1.29 is 0 Å². The van der Waals surface area contributed by atoms with Crippen LogP contribution < -0.4 is 0 Å². The van der Waals surface area contributed by atoms with Gasteiger partial charge in [-0.2, -0.15) is 24.4 Å². The summed E-state index contributed by atoms with van der Waals surface area (Å²) in [5.74, 6) is 0.972. The molecule has 0 spiro atoms. The Hall–Kier alpha value is 0.660. The van der Waals surface area contributed by atoms with E-state index in [4.69, 9.17) is 0 Å². The fourth-order valence-electron chi connectivity index (χ4n) is 2.07. The molecular weight excluding hydrogens is 210 g/mol. The molecule has 0 aliphatic carbocycles. The Kier molecular flexibility index (Phi) is 4.66. The van der Waals surface area contributed by atoms with E-state index in [1.165, 1.54) is 19.6 Å². The summed E-state index contributed by atoms with van der Waals surface area (Å²) in [6.07, 6.45) is 0. The summed E-state index contributed by atoms with van der Waals surface area (Å²) in [6.45, 7) is 12.9. The third kappa shape index (κ3) is 4.03. The maximum atomic E-state index is 4.41.